The fourth-order valence-corrected chi connectivity index (χ4v) is 10.0. The van der Waals surface area contributed by atoms with Crippen molar-refractivity contribution in [1.82, 2.24) is 20.9 Å². The molecule has 0 bridgehead atoms. The number of carbonyl (C=O) groups excluding carboxylic acids is 5. The molecule has 0 aromatic carbocycles. The van der Waals surface area contributed by atoms with E-state index >= 15 is 0 Å². The van der Waals surface area contributed by atoms with Crippen LogP contribution in [0.1, 0.15) is 318 Å². The van der Waals surface area contributed by atoms with Crippen LogP contribution in [0.4, 0.5) is 4.79 Å². The molecule has 0 saturated heterocycles. The summed E-state index contributed by atoms with van der Waals surface area (Å²) >= 11 is 0. The minimum absolute atomic E-state index is 0.0671. The number of carbonyl (C=O) groups is 5. The summed E-state index contributed by atoms with van der Waals surface area (Å²) in [5, 5.41) is 8.84. The van der Waals surface area contributed by atoms with Crippen molar-refractivity contribution < 1.29 is 38.2 Å². The molecule has 0 rings (SSSR count). The Morgan fingerprint density at radius 3 is 1.00 bits per heavy atom. The monoisotopic (exact) mass is 1090 g/mol. The van der Waals surface area contributed by atoms with Gasteiger partial charge in [-0.1, -0.05) is 220 Å². The molecular formula is C65H126N4O8. The summed E-state index contributed by atoms with van der Waals surface area (Å²) in [6.07, 6.45) is 46.5. The van der Waals surface area contributed by atoms with Gasteiger partial charge >= 0.3 is 18.0 Å². The standard InChI is InChI=1S/C65H126N4O8/c1-8-12-16-20-24-26-30-36-44-58(42-34-28-22-18-14-10-3)56-75-62(72)46-38-32-40-50-66-60(70)48-53-69(55-52-68-64(74)77-65(5,6)7)54-49-61(71)67-51-41-33-39-47-63(73)76-57-59(43-35-29-23-19-15-11-4)45-37-31-27-25-21-17-13-9-2/h58-59H,8-57H2,1-7H3,(H,66,70)(H,67,71)(H,68,74). The summed E-state index contributed by atoms with van der Waals surface area (Å²) in [6, 6.07) is 0. The van der Waals surface area contributed by atoms with Crippen LogP contribution in [0.25, 0.3) is 0 Å². The Labute approximate surface area is 475 Å². The molecule has 2 unspecified atom stereocenters. The summed E-state index contributed by atoms with van der Waals surface area (Å²) in [6.45, 7) is 18.3. The zero-order valence-electron chi connectivity index (χ0n) is 51.7. The second kappa shape index (κ2) is 55.0. The number of nitrogens with zero attached hydrogens (tertiary/aromatic N) is 1. The Morgan fingerprint density at radius 2 is 0.675 bits per heavy atom. The summed E-state index contributed by atoms with van der Waals surface area (Å²) in [5.74, 6) is 0.562. The SMILES string of the molecule is CCCCCCCCCCC(CCCCCCCC)COC(=O)CCCCCNC(=O)CCN(CCNC(=O)OC(C)(C)C)CCC(=O)NCCCCCC(=O)OCC(CCCCCCCC)CCCCCCCCCC. The van der Waals surface area contributed by atoms with Gasteiger partial charge in [-0.2, -0.15) is 0 Å². The van der Waals surface area contributed by atoms with Crippen LogP contribution in [0.2, 0.25) is 0 Å². The molecule has 0 radical (unpaired) electrons. The third-order valence-corrected chi connectivity index (χ3v) is 15.0. The van der Waals surface area contributed by atoms with E-state index in [0.29, 0.717) is 77.2 Å². The van der Waals surface area contributed by atoms with Crippen LogP contribution in [0.5, 0.6) is 0 Å². The van der Waals surface area contributed by atoms with Crippen LogP contribution >= 0.6 is 0 Å². The van der Waals surface area contributed by atoms with E-state index in [0.717, 1.165) is 64.2 Å². The summed E-state index contributed by atoms with van der Waals surface area (Å²) in [7, 11) is 0. The lowest BCUT2D eigenvalue weighted by atomic mass is 9.94. The first-order valence-corrected chi connectivity index (χ1v) is 32.9. The van der Waals surface area contributed by atoms with Gasteiger partial charge in [0.05, 0.1) is 13.2 Å². The van der Waals surface area contributed by atoms with E-state index in [1.54, 1.807) is 0 Å². The van der Waals surface area contributed by atoms with Gasteiger partial charge in [-0.15, -0.1) is 0 Å². The average molecular weight is 1090 g/mol. The molecule has 0 aliphatic heterocycles. The highest BCUT2D eigenvalue weighted by Crippen LogP contribution is 2.22. The van der Waals surface area contributed by atoms with Gasteiger partial charge in [0.1, 0.15) is 5.60 Å². The Morgan fingerprint density at radius 1 is 0.364 bits per heavy atom. The smallest absolute Gasteiger partial charge is 0.407 e. The largest absolute Gasteiger partial charge is 0.465 e. The highest BCUT2D eigenvalue weighted by molar-refractivity contribution is 5.76. The first-order valence-electron chi connectivity index (χ1n) is 32.9. The van der Waals surface area contributed by atoms with Crippen LogP contribution in [0.15, 0.2) is 0 Å². The lowest BCUT2D eigenvalue weighted by Crippen LogP contribution is -2.40. The first kappa shape index (κ1) is 74.1. The van der Waals surface area contributed by atoms with Gasteiger partial charge in [0.15, 0.2) is 0 Å². The lowest BCUT2D eigenvalue weighted by Gasteiger charge is -2.23. The number of rotatable bonds is 57. The van der Waals surface area contributed by atoms with Crippen molar-refractivity contribution in [2.24, 2.45) is 11.8 Å². The molecule has 3 N–H and O–H groups in total. The Kier molecular flexibility index (Phi) is 53.0. The second-order valence-corrected chi connectivity index (χ2v) is 23.8. The molecule has 0 aliphatic carbocycles. The predicted octanol–water partition coefficient (Wildman–Crippen LogP) is 16.8. The van der Waals surface area contributed by atoms with Crippen LogP contribution in [0, 0.1) is 11.8 Å². The summed E-state index contributed by atoms with van der Waals surface area (Å²) in [4.78, 5) is 65.6. The average Bonchev–Trinajstić information content (AvgIpc) is 3.39. The van der Waals surface area contributed by atoms with Crippen molar-refractivity contribution in [2.45, 2.75) is 324 Å². The number of nitrogens with one attached hydrogen (secondary N) is 3. The van der Waals surface area contributed by atoms with Crippen molar-refractivity contribution in [3.05, 3.63) is 0 Å². The van der Waals surface area contributed by atoms with E-state index in [2.05, 4.69) is 43.6 Å². The van der Waals surface area contributed by atoms with E-state index < -0.39 is 11.7 Å². The maximum Gasteiger partial charge on any atom is 0.407 e. The number of alkyl carbamates (subject to hydrolysis) is 1. The van der Waals surface area contributed by atoms with Gasteiger partial charge in [-0.25, -0.2) is 4.79 Å². The molecule has 0 heterocycles. The third kappa shape index (κ3) is 54.8. The maximum absolute atomic E-state index is 12.9. The van der Waals surface area contributed by atoms with Crippen molar-refractivity contribution in [1.29, 1.82) is 0 Å². The molecule has 0 spiro atoms. The second-order valence-electron chi connectivity index (χ2n) is 23.8. The number of unbranched alkanes of at least 4 members (excludes halogenated alkanes) is 28. The normalized spacial score (nSPS) is 12.4. The zero-order valence-corrected chi connectivity index (χ0v) is 51.7. The molecule has 0 saturated carbocycles. The van der Waals surface area contributed by atoms with E-state index in [-0.39, 0.29) is 36.6 Å². The number of hydrogen-bond donors (Lipinski definition) is 3. The topological polar surface area (TPSA) is 152 Å². The number of hydrogen-bond acceptors (Lipinski definition) is 9. The molecule has 12 nitrogen and oxygen atoms in total. The Bertz CT molecular complexity index is 1290. The number of amides is 3. The summed E-state index contributed by atoms with van der Waals surface area (Å²) in [5.41, 5.74) is -0.614. The van der Waals surface area contributed by atoms with E-state index in [1.807, 2.05) is 25.7 Å². The molecular weight excluding hydrogens is 965 g/mol. The minimum Gasteiger partial charge on any atom is -0.465 e. The molecule has 3 amide bonds. The van der Waals surface area contributed by atoms with Crippen molar-refractivity contribution in [3.63, 3.8) is 0 Å². The fourth-order valence-electron chi connectivity index (χ4n) is 10.0. The van der Waals surface area contributed by atoms with E-state index in [4.69, 9.17) is 14.2 Å². The van der Waals surface area contributed by atoms with Crippen LogP contribution in [-0.4, -0.2) is 92.8 Å². The Hall–Kier alpha value is -2.89. The Balaban J connectivity index is 4.70. The van der Waals surface area contributed by atoms with Crippen LogP contribution in [0.3, 0.4) is 0 Å². The van der Waals surface area contributed by atoms with Gasteiger partial charge in [0.25, 0.3) is 0 Å². The van der Waals surface area contributed by atoms with Gasteiger partial charge in [0, 0.05) is 65.0 Å². The van der Waals surface area contributed by atoms with Gasteiger partial charge in [0.2, 0.25) is 11.8 Å². The number of ether oxygens (including phenoxy) is 3. The van der Waals surface area contributed by atoms with Crippen LogP contribution < -0.4 is 16.0 Å². The maximum atomic E-state index is 12.9. The molecule has 2 atom stereocenters. The van der Waals surface area contributed by atoms with Crippen molar-refractivity contribution in [3.8, 4) is 0 Å². The van der Waals surface area contributed by atoms with Gasteiger partial charge in [-0.05, 0) is 84.0 Å². The summed E-state index contributed by atoms with van der Waals surface area (Å²) < 4.78 is 17.0. The van der Waals surface area contributed by atoms with E-state index in [1.165, 1.54) is 180 Å². The van der Waals surface area contributed by atoms with Crippen LogP contribution in [-0.2, 0) is 33.4 Å². The van der Waals surface area contributed by atoms with Crippen molar-refractivity contribution in [2.75, 3.05) is 52.5 Å². The molecule has 454 valence electrons. The number of esters is 2. The molecule has 0 aromatic rings. The quantitative estimate of drug-likeness (QED) is 0.0307. The molecule has 0 aliphatic rings. The highest BCUT2D eigenvalue weighted by atomic mass is 16.6. The van der Waals surface area contributed by atoms with Gasteiger partial charge in [-0.3, -0.25) is 19.2 Å². The van der Waals surface area contributed by atoms with Crippen molar-refractivity contribution >= 4 is 29.8 Å². The molecule has 12 heteroatoms. The molecule has 0 fully saturated rings. The molecule has 77 heavy (non-hydrogen) atoms. The minimum atomic E-state index is -0.614. The van der Waals surface area contributed by atoms with Gasteiger partial charge < -0.3 is 35.1 Å². The lowest BCUT2D eigenvalue weighted by molar-refractivity contribution is -0.146. The third-order valence-electron chi connectivity index (χ3n) is 15.0. The fraction of sp³-hybridized carbons (Fsp3) is 0.923. The highest BCUT2D eigenvalue weighted by Gasteiger charge is 2.18. The molecule has 0 aromatic heterocycles. The predicted molar refractivity (Wildman–Crippen MR) is 322 cm³/mol. The zero-order chi connectivity index (χ0) is 56.7. The van der Waals surface area contributed by atoms with E-state index in [9.17, 15) is 24.0 Å². The first-order chi connectivity index (χ1) is 37.3.